The first-order valence-corrected chi connectivity index (χ1v) is 11.0. The maximum absolute atomic E-state index is 12.7. The normalized spacial score (nSPS) is 13.6. The number of aromatic nitrogens is 2. The first-order valence-electron chi connectivity index (χ1n) is 9.97. The maximum Gasteiger partial charge on any atom is 0.281 e. The lowest BCUT2D eigenvalue weighted by Gasteiger charge is -2.19. The summed E-state index contributed by atoms with van der Waals surface area (Å²) in [5.74, 6) is 0.827. The molecule has 1 aromatic heterocycles. The third kappa shape index (κ3) is 4.57. The molecule has 1 aliphatic rings. The van der Waals surface area contributed by atoms with Gasteiger partial charge in [0, 0.05) is 56.2 Å². The van der Waals surface area contributed by atoms with Gasteiger partial charge in [0.25, 0.3) is 5.24 Å². The molecular formula is C23H24N4O2S. The molecule has 0 radical (unpaired) electrons. The van der Waals surface area contributed by atoms with Gasteiger partial charge in [-0.2, -0.15) is 5.10 Å². The van der Waals surface area contributed by atoms with Crippen molar-refractivity contribution in [3.63, 3.8) is 0 Å². The van der Waals surface area contributed by atoms with Gasteiger partial charge >= 0.3 is 0 Å². The fourth-order valence-electron chi connectivity index (χ4n) is 3.47. The highest BCUT2D eigenvalue weighted by Gasteiger charge is 2.23. The molecule has 2 amide bonds. The molecular weight excluding hydrogens is 396 g/mol. The zero-order chi connectivity index (χ0) is 20.9. The van der Waals surface area contributed by atoms with Crippen LogP contribution < -0.4 is 0 Å². The van der Waals surface area contributed by atoms with E-state index in [-0.39, 0.29) is 11.1 Å². The van der Waals surface area contributed by atoms with Crippen LogP contribution in [0.1, 0.15) is 12.0 Å². The van der Waals surface area contributed by atoms with Crippen LogP contribution in [0.25, 0.3) is 16.9 Å². The summed E-state index contributed by atoms with van der Waals surface area (Å²) < 4.78 is 1.86. The molecule has 2 aromatic carbocycles. The van der Waals surface area contributed by atoms with Gasteiger partial charge < -0.3 is 9.80 Å². The van der Waals surface area contributed by atoms with Gasteiger partial charge in [-0.05, 0) is 12.1 Å². The lowest BCUT2D eigenvalue weighted by molar-refractivity contribution is -0.130. The average Bonchev–Trinajstić information content (AvgIpc) is 3.39. The summed E-state index contributed by atoms with van der Waals surface area (Å²) in [4.78, 5) is 27.9. The molecule has 1 saturated heterocycles. The first-order chi connectivity index (χ1) is 14.6. The summed E-state index contributed by atoms with van der Waals surface area (Å²) in [6.45, 7) is 1.66. The number of thioether (sulfide) groups is 1. The molecule has 154 valence electrons. The molecule has 7 heteroatoms. The van der Waals surface area contributed by atoms with Crippen LogP contribution in [0.3, 0.4) is 0 Å². The Kier molecular flexibility index (Phi) is 6.18. The molecule has 0 bridgehead atoms. The molecule has 1 aliphatic heterocycles. The number of amides is 2. The summed E-state index contributed by atoms with van der Waals surface area (Å²) in [6.07, 6.45) is 2.32. The zero-order valence-corrected chi connectivity index (χ0v) is 17.7. The van der Waals surface area contributed by atoms with Gasteiger partial charge in [0.1, 0.15) is 0 Å². The Hall–Kier alpha value is -3.06. The first kappa shape index (κ1) is 20.2. The second-order valence-corrected chi connectivity index (χ2v) is 8.30. The third-order valence-corrected chi connectivity index (χ3v) is 6.02. The number of hydrogen-bond donors (Lipinski definition) is 0. The summed E-state index contributed by atoms with van der Waals surface area (Å²) in [6, 6.07) is 19.9. The van der Waals surface area contributed by atoms with E-state index in [0.29, 0.717) is 19.5 Å². The van der Waals surface area contributed by atoms with Crippen molar-refractivity contribution in [2.45, 2.75) is 13.0 Å². The number of hydrogen-bond acceptors (Lipinski definition) is 4. The van der Waals surface area contributed by atoms with E-state index in [1.807, 2.05) is 71.5 Å². The highest BCUT2D eigenvalue weighted by Crippen LogP contribution is 2.25. The van der Waals surface area contributed by atoms with Crippen LogP contribution in [-0.2, 0) is 11.3 Å². The molecule has 6 nitrogen and oxygen atoms in total. The van der Waals surface area contributed by atoms with E-state index in [1.54, 1.807) is 16.8 Å². The van der Waals surface area contributed by atoms with E-state index in [2.05, 4.69) is 0 Å². The predicted molar refractivity (Wildman–Crippen MR) is 120 cm³/mol. The molecule has 0 N–H and O–H groups in total. The Morgan fingerprint density at radius 1 is 1.10 bits per heavy atom. The Morgan fingerprint density at radius 3 is 2.47 bits per heavy atom. The molecule has 1 fully saturated rings. The monoisotopic (exact) mass is 420 g/mol. The van der Waals surface area contributed by atoms with Crippen molar-refractivity contribution < 1.29 is 9.59 Å². The van der Waals surface area contributed by atoms with Crippen molar-refractivity contribution in [2.24, 2.45) is 0 Å². The van der Waals surface area contributed by atoms with Gasteiger partial charge in [-0.1, -0.05) is 60.3 Å². The second-order valence-electron chi connectivity index (χ2n) is 7.25. The number of benzene rings is 2. The van der Waals surface area contributed by atoms with E-state index < -0.39 is 0 Å². The number of rotatable bonds is 7. The highest BCUT2D eigenvalue weighted by atomic mass is 32.2. The van der Waals surface area contributed by atoms with Crippen molar-refractivity contribution in [1.29, 1.82) is 0 Å². The van der Waals surface area contributed by atoms with Crippen LogP contribution >= 0.6 is 11.8 Å². The zero-order valence-electron chi connectivity index (χ0n) is 16.9. The molecule has 0 saturated carbocycles. The van der Waals surface area contributed by atoms with E-state index >= 15 is 0 Å². The number of carbonyl (C=O) groups is 2. The minimum atomic E-state index is 0.0196. The molecule has 0 unspecified atom stereocenters. The van der Waals surface area contributed by atoms with Crippen molar-refractivity contribution in [2.75, 3.05) is 25.9 Å². The molecule has 3 aromatic rings. The van der Waals surface area contributed by atoms with E-state index in [0.717, 1.165) is 34.8 Å². The van der Waals surface area contributed by atoms with E-state index in [1.165, 1.54) is 11.8 Å². The molecule has 30 heavy (non-hydrogen) atoms. The number of carbonyl (C=O) groups excluding carboxylic acids is 2. The summed E-state index contributed by atoms with van der Waals surface area (Å²) in [5, 5.41) is 4.88. The van der Waals surface area contributed by atoms with Crippen LogP contribution in [0.15, 0.2) is 66.9 Å². The minimum absolute atomic E-state index is 0.0196. The van der Waals surface area contributed by atoms with Crippen LogP contribution in [0.4, 0.5) is 4.79 Å². The maximum atomic E-state index is 12.7. The quantitative estimate of drug-likeness (QED) is 0.578. The topological polar surface area (TPSA) is 58.4 Å². The largest absolute Gasteiger partial charge is 0.341 e. The number of nitrogens with zero attached hydrogens (tertiary/aromatic N) is 4. The molecule has 2 heterocycles. The minimum Gasteiger partial charge on any atom is -0.341 e. The van der Waals surface area contributed by atoms with Crippen LogP contribution in [0.2, 0.25) is 0 Å². The van der Waals surface area contributed by atoms with E-state index in [4.69, 9.17) is 5.10 Å². The van der Waals surface area contributed by atoms with Gasteiger partial charge in [0.2, 0.25) is 5.91 Å². The van der Waals surface area contributed by atoms with Crippen molar-refractivity contribution in [1.82, 2.24) is 19.6 Å². The lowest BCUT2D eigenvalue weighted by Crippen LogP contribution is -2.32. The summed E-state index contributed by atoms with van der Waals surface area (Å²) in [5.41, 5.74) is 3.83. The highest BCUT2D eigenvalue weighted by molar-refractivity contribution is 8.13. The lowest BCUT2D eigenvalue weighted by atomic mass is 10.1. The second kappa shape index (κ2) is 9.17. The summed E-state index contributed by atoms with van der Waals surface area (Å²) >= 11 is 1.32. The fourth-order valence-corrected chi connectivity index (χ4v) is 4.32. The number of para-hydroxylation sites is 1. The van der Waals surface area contributed by atoms with Crippen molar-refractivity contribution in [3.8, 4) is 16.9 Å². The Labute approximate surface area is 180 Å². The average molecular weight is 421 g/mol. The molecule has 0 atom stereocenters. The standard InChI is InChI=1S/C23H24N4O2S/c1-25(21(28)12-13-26-14-15-30-23(26)29)16-19-17-27(20-10-6-3-7-11-20)24-22(19)18-8-4-2-5-9-18/h2-11,17H,12-16H2,1H3. The predicted octanol–water partition coefficient (Wildman–Crippen LogP) is 4.06. The Bertz CT molecular complexity index is 1020. The van der Waals surface area contributed by atoms with Crippen LogP contribution in [-0.4, -0.2) is 56.6 Å². The molecule has 4 rings (SSSR count). The van der Waals surface area contributed by atoms with Gasteiger partial charge in [0.15, 0.2) is 0 Å². The van der Waals surface area contributed by atoms with Crippen molar-refractivity contribution >= 4 is 22.9 Å². The SMILES string of the molecule is CN(Cc1cn(-c2ccccc2)nc1-c1ccccc1)C(=O)CCN1CCSC1=O. The Morgan fingerprint density at radius 2 is 1.80 bits per heavy atom. The third-order valence-electron chi connectivity index (χ3n) is 5.13. The summed E-state index contributed by atoms with van der Waals surface area (Å²) in [7, 11) is 1.80. The van der Waals surface area contributed by atoms with Gasteiger partial charge in [-0.15, -0.1) is 0 Å². The smallest absolute Gasteiger partial charge is 0.281 e. The Balaban J connectivity index is 1.52. The van der Waals surface area contributed by atoms with Gasteiger partial charge in [0.05, 0.1) is 11.4 Å². The van der Waals surface area contributed by atoms with Crippen LogP contribution in [0.5, 0.6) is 0 Å². The molecule has 0 spiro atoms. The fraction of sp³-hybridized carbons (Fsp3) is 0.261. The van der Waals surface area contributed by atoms with Crippen molar-refractivity contribution in [3.05, 3.63) is 72.4 Å². The van der Waals surface area contributed by atoms with Gasteiger partial charge in [-0.3, -0.25) is 9.59 Å². The van der Waals surface area contributed by atoms with E-state index in [9.17, 15) is 9.59 Å². The van der Waals surface area contributed by atoms with Crippen LogP contribution in [0, 0.1) is 0 Å². The molecule has 0 aliphatic carbocycles. The van der Waals surface area contributed by atoms with Gasteiger partial charge in [-0.25, -0.2) is 4.68 Å².